The molecule has 0 saturated heterocycles. The van der Waals surface area contributed by atoms with Gasteiger partial charge in [-0.05, 0) is 30.7 Å². The molecule has 2 rings (SSSR count). The SMILES string of the molecule is CCOC(=O)CNC(=O)c1cc(N)ccc1OCc1ccccc1.Cl. The average molecular weight is 365 g/mol. The number of halogens is 1. The van der Waals surface area contributed by atoms with Crippen molar-refractivity contribution in [1.29, 1.82) is 0 Å². The molecule has 0 unspecified atom stereocenters. The van der Waals surface area contributed by atoms with Crippen LogP contribution in [0, 0.1) is 0 Å². The molecule has 0 radical (unpaired) electrons. The first-order valence-electron chi connectivity index (χ1n) is 7.60. The molecule has 0 bridgehead atoms. The zero-order valence-electron chi connectivity index (χ0n) is 13.9. The van der Waals surface area contributed by atoms with E-state index in [0.717, 1.165) is 5.56 Å². The minimum absolute atomic E-state index is 0. The lowest BCUT2D eigenvalue weighted by molar-refractivity contribution is -0.141. The van der Waals surface area contributed by atoms with Crippen LogP contribution in [0.1, 0.15) is 22.8 Å². The van der Waals surface area contributed by atoms with Gasteiger partial charge in [0.25, 0.3) is 5.91 Å². The Hall–Kier alpha value is -2.73. The lowest BCUT2D eigenvalue weighted by atomic mass is 10.1. The Balaban J connectivity index is 0.00000312. The highest BCUT2D eigenvalue weighted by Gasteiger charge is 2.15. The number of esters is 1. The fraction of sp³-hybridized carbons (Fsp3) is 0.222. The van der Waals surface area contributed by atoms with Crippen LogP contribution in [-0.4, -0.2) is 25.0 Å². The van der Waals surface area contributed by atoms with Gasteiger partial charge in [0.15, 0.2) is 0 Å². The van der Waals surface area contributed by atoms with Crippen LogP contribution in [0.3, 0.4) is 0 Å². The number of rotatable bonds is 7. The summed E-state index contributed by atoms with van der Waals surface area (Å²) >= 11 is 0. The van der Waals surface area contributed by atoms with Crippen LogP contribution in [0.15, 0.2) is 48.5 Å². The lowest BCUT2D eigenvalue weighted by Crippen LogP contribution is -2.31. The van der Waals surface area contributed by atoms with Crippen LogP contribution in [0.5, 0.6) is 5.75 Å². The molecule has 0 aliphatic heterocycles. The molecule has 0 aliphatic rings. The molecular formula is C18H21ClN2O4. The highest BCUT2D eigenvalue weighted by atomic mass is 35.5. The van der Waals surface area contributed by atoms with Gasteiger partial charge in [-0.3, -0.25) is 9.59 Å². The maximum Gasteiger partial charge on any atom is 0.325 e. The number of nitrogens with one attached hydrogen (secondary N) is 1. The summed E-state index contributed by atoms with van der Waals surface area (Å²) in [6, 6.07) is 14.4. The minimum Gasteiger partial charge on any atom is -0.488 e. The smallest absolute Gasteiger partial charge is 0.325 e. The third kappa shape index (κ3) is 6.35. The van der Waals surface area contributed by atoms with Crippen molar-refractivity contribution in [3.05, 3.63) is 59.7 Å². The van der Waals surface area contributed by atoms with Gasteiger partial charge in [-0.2, -0.15) is 0 Å². The van der Waals surface area contributed by atoms with Crippen molar-refractivity contribution in [1.82, 2.24) is 5.32 Å². The minimum atomic E-state index is -0.499. The van der Waals surface area contributed by atoms with Crippen molar-refractivity contribution in [2.45, 2.75) is 13.5 Å². The molecule has 2 aromatic carbocycles. The Bertz CT molecular complexity index is 707. The van der Waals surface area contributed by atoms with E-state index in [4.69, 9.17) is 15.2 Å². The van der Waals surface area contributed by atoms with Crippen molar-refractivity contribution >= 4 is 30.0 Å². The summed E-state index contributed by atoms with van der Waals surface area (Å²) in [4.78, 5) is 23.6. The summed E-state index contributed by atoms with van der Waals surface area (Å²) in [6.45, 7) is 2.08. The molecule has 3 N–H and O–H groups in total. The Morgan fingerprint density at radius 2 is 1.84 bits per heavy atom. The maximum absolute atomic E-state index is 12.3. The third-order valence-electron chi connectivity index (χ3n) is 3.18. The quantitative estimate of drug-likeness (QED) is 0.582. The summed E-state index contributed by atoms with van der Waals surface area (Å²) < 4.78 is 10.5. The maximum atomic E-state index is 12.3. The number of hydrogen-bond donors (Lipinski definition) is 2. The van der Waals surface area contributed by atoms with Gasteiger partial charge in [-0.15, -0.1) is 12.4 Å². The normalized spacial score (nSPS) is 9.64. The van der Waals surface area contributed by atoms with Gasteiger partial charge in [0, 0.05) is 5.69 Å². The van der Waals surface area contributed by atoms with Crippen molar-refractivity contribution < 1.29 is 19.1 Å². The molecule has 2 aromatic rings. The highest BCUT2D eigenvalue weighted by molar-refractivity contribution is 5.99. The predicted molar refractivity (Wildman–Crippen MR) is 97.8 cm³/mol. The molecule has 1 amide bonds. The molecule has 25 heavy (non-hydrogen) atoms. The second-order valence-corrected chi connectivity index (χ2v) is 5.02. The van der Waals surface area contributed by atoms with Crippen molar-refractivity contribution in [2.75, 3.05) is 18.9 Å². The summed E-state index contributed by atoms with van der Waals surface area (Å²) in [5, 5.41) is 2.50. The van der Waals surface area contributed by atoms with Crippen molar-refractivity contribution in [2.24, 2.45) is 0 Å². The van der Waals surface area contributed by atoms with E-state index >= 15 is 0 Å². The molecule has 6 nitrogen and oxygen atoms in total. The van der Waals surface area contributed by atoms with E-state index in [-0.39, 0.29) is 31.1 Å². The predicted octanol–water partition coefficient (Wildman–Crippen LogP) is 2.56. The second kappa shape index (κ2) is 10.2. The molecule has 134 valence electrons. The Kier molecular flexibility index (Phi) is 8.29. The molecule has 0 aromatic heterocycles. The van der Waals surface area contributed by atoms with E-state index in [0.29, 0.717) is 18.0 Å². The monoisotopic (exact) mass is 364 g/mol. The number of hydrogen-bond acceptors (Lipinski definition) is 5. The molecule has 0 aliphatic carbocycles. The highest BCUT2D eigenvalue weighted by Crippen LogP contribution is 2.22. The number of nitrogen functional groups attached to an aromatic ring is 1. The van der Waals surface area contributed by atoms with Gasteiger partial charge in [-0.1, -0.05) is 30.3 Å². The summed E-state index contributed by atoms with van der Waals surface area (Å²) in [7, 11) is 0. The fourth-order valence-corrected chi connectivity index (χ4v) is 2.05. The molecule has 0 spiro atoms. The van der Waals surface area contributed by atoms with Crippen molar-refractivity contribution in [3.63, 3.8) is 0 Å². The van der Waals surface area contributed by atoms with Crippen molar-refractivity contribution in [3.8, 4) is 5.75 Å². The third-order valence-corrected chi connectivity index (χ3v) is 3.18. The number of amides is 1. The number of anilines is 1. The van der Waals surface area contributed by atoms with Crippen LogP contribution in [0.4, 0.5) is 5.69 Å². The van der Waals surface area contributed by atoms with E-state index < -0.39 is 11.9 Å². The topological polar surface area (TPSA) is 90.7 Å². The van der Waals surface area contributed by atoms with E-state index in [1.165, 1.54) is 6.07 Å². The number of carbonyl (C=O) groups excluding carboxylic acids is 2. The summed E-state index contributed by atoms with van der Waals surface area (Å²) in [6.07, 6.45) is 0. The standard InChI is InChI=1S/C18H20N2O4.ClH/c1-2-23-17(21)11-20-18(22)15-10-14(19)8-9-16(15)24-12-13-6-4-3-5-7-13;/h3-10H,2,11-12,19H2,1H3,(H,20,22);1H. The Morgan fingerprint density at radius 3 is 2.52 bits per heavy atom. The molecule has 0 heterocycles. The van der Waals surface area contributed by atoms with Crippen LogP contribution in [0.25, 0.3) is 0 Å². The van der Waals surface area contributed by atoms with Crippen LogP contribution < -0.4 is 15.8 Å². The molecule has 0 fully saturated rings. The fourth-order valence-electron chi connectivity index (χ4n) is 2.05. The average Bonchev–Trinajstić information content (AvgIpc) is 2.59. The molecular weight excluding hydrogens is 344 g/mol. The van der Waals surface area contributed by atoms with E-state index in [1.807, 2.05) is 30.3 Å². The van der Waals surface area contributed by atoms with E-state index in [2.05, 4.69) is 5.32 Å². The van der Waals surface area contributed by atoms with Gasteiger partial charge in [0.1, 0.15) is 18.9 Å². The van der Waals surface area contributed by atoms with Gasteiger partial charge < -0.3 is 20.5 Å². The van der Waals surface area contributed by atoms with Crippen LogP contribution in [-0.2, 0) is 16.1 Å². The number of benzene rings is 2. The lowest BCUT2D eigenvalue weighted by Gasteiger charge is -2.12. The first kappa shape index (κ1) is 20.3. The van der Waals surface area contributed by atoms with E-state index in [9.17, 15) is 9.59 Å². The number of nitrogens with two attached hydrogens (primary N) is 1. The largest absolute Gasteiger partial charge is 0.488 e. The zero-order chi connectivity index (χ0) is 17.4. The first-order valence-corrected chi connectivity index (χ1v) is 7.60. The van der Waals surface area contributed by atoms with E-state index in [1.54, 1.807) is 19.1 Å². The van der Waals surface area contributed by atoms with Gasteiger partial charge in [0.2, 0.25) is 0 Å². The van der Waals surface area contributed by atoms with Crippen LogP contribution in [0.2, 0.25) is 0 Å². The molecule has 7 heteroatoms. The van der Waals surface area contributed by atoms with Gasteiger partial charge in [-0.25, -0.2) is 0 Å². The second-order valence-electron chi connectivity index (χ2n) is 5.02. The Morgan fingerprint density at radius 1 is 1.12 bits per heavy atom. The van der Waals surface area contributed by atoms with Gasteiger partial charge in [0.05, 0.1) is 12.2 Å². The zero-order valence-corrected chi connectivity index (χ0v) is 14.7. The first-order chi connectivity index (χ1) is 11.6. The number of carbonyl (C=O) groups is 2. The number of ether oxygens (including phenoxy) is 2. The molecule has 0 saturated carbocycles. The van der Waals surface area contributed by atoms with Crippen LogP contribution >= 0.6 is 12.4 Å². The van der Waals surface area contributed by atoms with Gasteiger partial charge >= 0.3 is 5.97 Å². The molecule has 0 atom stereocenters. The summed E-state index contributed by atoms with van der Waals surface area (Å²) in [5.41, 5.74) is 7.43. The Labute approximate surface area is 152 Å². The summed E-state index contributed by atoms with van der Waals surface area (Å²) in [5.74, 6) is -0.547.